The van der Waals surface area contributed by atoms with E-state index < -0.39 is 17.6 Å². The topological polar surface area (TPSA) is 104 Å². The van der Waals surface area contributed by atoms with Crippen molar-refractivity contribution in [1.82, 2.24) is 24.3 Å². The van der Waals surface area contributed by atoms with E-state index in [-0.39, 0.29) is 30.2 Å². The van der Waals surface area contributed by atoms with Gasteiger partial charge >= 0.3 is 5.97 Å². The summed E-state index contributed by atoms with van der Waals surface area (Å²) in [5.74, 6) is -1.54. The third-order valence-electron chi connectivity index (χ3n) is 7.79. The molecule has 0 aliphatic carbocycles. The van der Waals surface area contributed by atoms with Crippen molar-refractivity contribution in [1.29, 1.82) is 0 Å². The average Bonchev–Trinajstić information content (AvgIpc) is 3.64. The highest BCUT2D eigenvalue weighted by Gasteiger charge is 2.24. The predicted octanol–water partition coefficient (Wildman–Crippen LogP) is 5.18. The molecule has 5 aromatic rings. The fourth-order valence-electron chi connectivity index (χ4n) is 5.57. The van der Waals surface area contributed by atoms with E-state index in [1.165, 1.54) is 17.8 Å². The first kappa shape index (κ1) is 26.3. The summed E-state index contributed by atoms with van der Waals surface area (Å²) in [5, 5.41) is 14.0. The molecule has 0 spiro atoms. The zero-order valence-corrected chi connectivity index (χ0v) is 22.6. The Balaban J connectivity index is 1.13. The van der Waals surface area contributed by atoms with Crippen molar-refractivity contribution in [3.63, 3.8) is 0 Å². The van der Waals surface area contributed by atoms with Crippen LogP contribution in [0.4, 0.5) is 8.78 Å². The molecule has 3 aromatic heterocycles. The number of nitrogens with zero attached hydrogens (tertiary/aromatic N) is 5. The normalized spacial score (nSPS) is 16.0. The number of aromatic carboxylic acids is 1. The molecule has 42 heavy (non-hydrogen) atoms. The molecule has 2 aromatic carbocycles. The van der Waals surface area contributed by atoms with E-state index in [0.29, 0.717) is 47.2 Å². The van der Waals surface area contributed by atoms with Crippen LogP contribution in [0.25, 0.3) is 22.3 Å². The number of ether oxygens (including phenoxy) is 2. The molecule has 1 saturated heterocycles. The van der Waals surface area contributed by atoms with Gasteiger partial charge in [-0.3, -0.25) is 4.68 Å². The van der Waals surface area contributed by atoms with Gasteiger partial charge in [-0.15, -0.1) is 0 Å². The quantitative estimate of drug-likeness (QED) is 0.260. The molecule has 9 nitrogen and oxygen atoms in total. The Kier molecular flexibility index (Phi) is 6.66. The van der Waals surface area contributed by atoms with E-state index in [9.17, 15) is 14.3 Å². The maximum Gasteiger partial charge on any atom is 0.335 e. The maximum absolute atomic E-state index is 15.4. The van der Waals surface area contributed by atoms with Crippen molar-refractivity contribution in [2.75, 3.05) is 6.61 Å². The van der Waals surface area contributed by atoms with Crippen LogP contribution < -0.4 is 4.74 Å². The second-order valence-electron chi connectivity index (χ2n) is 10.6. The molecule has 0 radical (unpaired) electrons. The highest BCUT2D eigenvalue weighted by molar-refractivity contribution is 5.92. The minimum atomic E-state index is -1.23. The van der Waals surface area contributed by atoms with Crippen molar-refractivity contribution in [2.45, 2.75) is 51.5 Å². The minimum absolute atomic E-state index is 0.0765. The van der Waals surface area contributed by atoms with Gasteiger partial charge in [-0.2, -0.15) is 5.10 Å². The van der Waals surface area contributed by atoms with Crippen molar-refractivity contribution >= 4 is 17.0 Å². The standard InChI is InChI=1S/C31H27F2N5O4/c32-24-11-18(12-28-35-30-25(33)13-19(31(39)40)14-27(30)37(28)16-22-8-10-41-22)6-7-23(24)26-4-1-5-29(34-26)42-17-20-15-21-3-2-9-38(21)36-20/h1,4-7,11,13-15,22H,2-3,8-10,12,16-17H2,(H,39,40). The smallest absolute Gasteiger partial charge is 0.335 e. The zero-order chi connectivity index (χ0) is 28.8. The van der Waals surface area contributed by atoms with Crippen molar-refractivity contribution < 1.29 is 28.2 Å². The van der Waals surface area contributed by atoms with E-state index in [2.05, 4.69) is 15.1 Å². The lowest BCUT2D eigenvalue weighted by atomic mass is 10.1. The number of rotatable bonds is 9. The molecule has 0 saturated carbocycles. The molecule has 1 unspecified atom stereocenters. The predicted molar refractivity (Wildman–Crippen MR) is 148 cm³/mol. The third kappa shape index (κ3) is 5.00. The fraction of sp³-hybridized carbons (Fsp3) is 0.290. The van der Waals surface area contributed by atoms with Crippen LogP contribution in [-0.4, -0.2) is 48.1 Å². The van der Waals surface area contributed by atoms with Gasteiger partial charge in [0.25, 0.3) is 0 Å². The SMILES string of the molecule is O=C(O)c1cc(F)c2nc(Cc3ccc(-c4cccc(OCc5cc6n(n5)CCC6)n4)c(F)c3)n(CC3CCO3)c2c1. The molecule has 0 amide bonds. The summed E-state index contributed by atoms with van der Waals surface area (Å²) in [7, 11) is 0. The molecule has 1 atom stereocenters. The lowest BCUT2D eigenvalue weighted by Crippen LogP contribution is -2.31. The number of hydrogen-bond donors (Lipinski definition) is 1. The minimum Gasteiger partial charge on any atom is -0.478 e. The second-order valence-corrected chi connectivity index (χ2v) is 10.6. The van der Waals surface area contributed by atoms with Gasteiger partial charge in [-0.25, -0.2) is 23.5 Å². The number of benzene rings is 2. The summed E-state index contributed by atoms with van der Waals surface area (Å²) in [6.07, 6.45) is 3.10. The van der Waals surface area contributed by atoms with Crippen LogP contribution in [0.3, 0.4) is 0 Å². The number of carbonyl (C=O) groups is 1. The molecule has 0 bridgehead atoms. The number of pyridine rings is 1. The van der Waals surface area contributed by atoms with Crippen LogP contribution >= 0.6 is 0 Å². The van der Waals surface area contributed by atoms with Crippen LogP contribution in [0, 0.1) is 11.6 Å². The molecular weight excluding hydrogens is 544 g/mol. The first-order valence-electron chi connectivity index (χ1n) is 13.9. The Morgan fingerprint density at radius 1 is 1.10 bits per heavy atom. The van der Waals surface area contributed by atoms with Gasteiger partial charge in [0.15, 0.2) is 5.82 Å². The number of hydrogen-bond acceptors (Lipinski definition) is 6. The monoisotopic (exact) mass is 571 g/mol. The van der Waals surface area contributed by atoms with Crippen LogP contribution in [0.15, 0.2) is 54.6 Å². The number of fused-ring (bicyclic) bond motifs is 2. The molecule has 214 valence electrons. The molecule has 2 aliphatic rings. The highest BCUT2D eigenvalue weighted by Crippen LogP contribution is 2.28. The summed E-state index contributed by atoms with van der Waals surface area (Å²) >= 11 is 0. The summed E-state index contributed by atoms with van der Waals surface area (Å²) in [5.41, 5.74) is 3.70. The number of carboxylic acids is 1. The van der Waals surface area contributed by atoms with Crippen LogP contribution in [0.5, 0.6) is 5.88 Å². The van der Waals surface area contributed by atoms with E-state index in [1.807, 2.05) is 10.7 Å². The van der Waals surface area contributed by atoms with Gasteiger partial charge in [0.2, 0.25) is 5.88 Å². The summed E-state index contributed by atoms with van der Waals surface area (Å²) in [6, 6.07) is 14.5. The maximum atomic E-state index is 15.4. The Labute approximate surface area is 239 Å². The molecule has 11 heteroatoms. The Morgan fingerprint density at radius 2 is 1.98 bits per heavy atom. The Morgan fingerprint density at radius 3 is 2.74 bits per heavy atom. The number of aryl methyl sites for hydroxylation is 2. The summed E-state index contributed by atoms with van der Waals surface area (Å²) in [6.45, 7) is 2.24. The molecular formula is C31H27F2N5O4. The van der Waals surface area contributed by atoms with Crippen molar-refractivity contribution in [2.24, 2.45) is 0 Å². The van der Waals surface area contributed by atoms with Gasteiger partial charge in [-0.1, -0.05) is 12.1 Å². The molecule has 1 fully saturated rings. The van der Waals surface area contributed by atoms with Gasteiger partial charge < -0.3 is 19.1 Å². The van der Waals surface area contributed by atoms with Crippen LogP contribution in [0.2, 0.25) is 0 Å². The zero-order valence-electron chi connectivity index (χ0n) is 22.6. The number of aromatic nitrogens is 5. The van der Waals surface area contributed by atoms with Gasteiger partial charge in [0.05, 0.1) is 29.4 Å². The summed E-state index contributed by atoms with van der Waals surface area (Å²) < 4.78 is 45.5. The lowest BCUT2D eigenvalue weighted by molar-refractivity contribution is -0.0589. The first-order chi connectivity index (χ1) is 20.4. The van der Waals surface area contributed by atoms with E-state index in [4.69, 9.17) is 9.47 Å². The summed E-state index contributed by atoms with van der Waals surface area (Å²) in [4.78, 5) is 20.5. The molecule has 1 N–H and O–H groups in total. The van der Waals surface area contributed by atoms with Crippen LogP contribution in [-0.2, 0) is 37.3 Å². The number of imidazole rings is 1. The van der Waals surface area contributed by atoms with Gasteiger partial charge in [0.1, 0.15) is 29.5 Å². The first-order valence-corrected chi connectivity index (χ1v) is 13.9. The van der Waals surface area contributed by atoms with Crippen molar-refractivity contribution in [3.8, 4) is 17.1 Å². The fourth-order valence-corrected chi connectivity index (χ4v) is 5.57. The van der Waals surface area contributed by atoms with E-state index in [1.54, 1.807) is 34.9 Å². The highest BCUT2D eigenvalue weighted by atomic mass is 19.1. The lowest BCUT2D eigenvalue weighted by Gasteiger charge is -2.27. The van der Waals surface area contributed by atoms with Crippen LogP contribution in [0.1, 0.15) is 46.0 Å². The van der Waals surface area contributed by atoms with Gasteiger partial charge in [-0.05, 0) is 61.2 Å². The third-order valence-corrected chi connectivity index (χ3v) is 7.79. The largest absolute Gasteiger partial charge is 0.478 e. The van der Waals surface area contributed by atoms with Gasteiger partial charge in [0, 0.05) is 36.9 Å². The number of carboxylic acid groups (broad SMARTS) is 1. The molecule has 5 heterocycles. The Hall–Kier alpha value is -4.64. The van der Waals surface area contributed by atoms with Crippen molar-refractivity contribution in [3.05, 3.63) is 94.6 Å². The average molecular weight is 572 g/mol. The second kappa shape index (κ2) is 10.6. The van der Waals surface area contributed by atoms with E-state index >= 15 is 4.39 Å². The molecule has 7 rings (SSSR count). The Bertz CT molecular complexity index is 1810. The number of halogens is 2. The molecule has 2 aliphatic heterocycles. The van der Waals surface area contributed by atoms with E-state index in [0.717, 1.165) is 37.6 Å².